The molecule has 0 spiro atoms. The van der Waals surface area contributed by atoms with E-state index in [0.717, 1.165) is 10.6 Å². The third-order valence-corrected chi connectivity index (χ3v) is 4.42. The fourth-order valence-corrected chi connectivity index (χ4v) is 2.81. The van der Waals surface area contributed by atoms with Gasteiger partial charge in [-0.1, -0.05) is 23.4 Å². The second kappa shape index (κ2) is 7.45. The Hall–Kier alpha value is -2.39. The molecule has 24 heavy (non-hydrogen) atoms. The number of benzene rings is 1. The van der Waals surface area contributed by atoms with Gasteiger partial charge < -0.3 is 14.6 Å². The molecule has 9 heteroatoms. The van der Waals surface area contributed by atoms with Crippen LogP contribution >= 0.6 is 0 Å². The first kappa shape index (κ1) is 18.0. The molecule has 0 fully saturated rings. The Morgan fingerprint density at radius 1 is 1.38 bits per heavy atom. The quantitative estimate of drug-likeness (QED) is 0.807. The van der Waals surface area contributed by atoms with Gasteiger partial charge >= 0.3 is 0 Å². The Kier molecular flexibility index (Phi) is 5.58. The second-order valence-corrected chi connectivity index (χ2v) is 7.20. The zero-order valence-corrected chi connectivity index (χ0v) is 14.5. The lowest BCUT2D eigenvalue weighted by molar-refractivity contribution is -0.116. The summed E-state index contributed by atoms with van der Waals surface area (Å²) in [6.45, 7) is 1.37. The van der Waals surface area contributed by atoms with E-state index in [0.29, 0.717) is 17.1 Å². The lowest BCUT2D eigenvalue weighted by atomic mass is 10.2. The van der Waals surface area contributed by atoms with Crippen molar-refractivity contribution in [2.75, 3.05) is 25.2 Å². The van der Waals surface area contributed by atoms with Crippen LogP contribution in [-0.4, -0.2) is 43.7 Å². The van der Waals surface area contributed by atoms with Gasteiger partial charge in [0.15, 0.2) is 5.82 Å². The van der Waals surface area contributed by atoms with Gasteiger partial charge in [-0.15, -0.1) is 0 Å². The number of anilines is 1. The van der Waals surface area contributed by atoms with Gasteiger partial charge in [0.1, 0.15) is 11.5 Å². The van der Waals surface area contributed by atoms with E-state index in [1.165, 1.54) is 7.11 Å². The summed E-state index contributed by atoms with van der Waals surface area (Å²) in [6, 6.07) is 8.58. The number of carbonyl (C=O) groups is 1. The molecule has 1 N–H and O–H groups in total. The van der Waals surface area contributed by atoms with Gasteiger partial charge in [0, 0.05) is 18.2 Å². The fourth-order valence-electron chi connectivity index (χ4n) is 2.08. The Morgan fingerprint density at radius 2 is 2.08 bits per heavy atom. The molecule has 0 aliphatic heterocycles. The van der Waals surface area contributed by atoms with Crippen LogP contribution in [-0.2, 0) is 21.4 Å². The topological polar surface area (TPSA) is 102 Å². The lowest BCUT2D eigenvalue weighted by Crippen LogP contribution is -2.37. The molecule has 0 bridgehead atoms. The molecule has 0 atom stereocenters. The third kappa shape index (κ3) is 4.80. The molecule has 1 aromatic carbocycles. The van der Waals surface area contributed by atoms with Crippen molar-refractivity contribution in [2.24, 2.45) is 0 Å². The van der Waals surface area contributed by atoms with Crippen molar-refractivity contribution in [1.29, 1.82) is 0 Å². The van der Waals surface area contributed by atoms with Gasteiger partial charge in [-0.25, -0.2) is 8.42 Å². The molecule has 130 valence electrons. The molecule has 0 saturated carbocycles. The number of nitrogens with one attached hydrogen (secondary N) is 1. The largest absolute Gasteiger partial charge is 0.496 e. The molecule has 0 unspecified atom stereocenters. The van der Waals surface area contributed by atoms with Crippen LogP contribution < -0.4 is 10.1 Å². The first-order valence-electron chi connectivity index (χ1n) is 7.10. The van der Waals surface area contributed by atoms with Crippen molar-refractivity contribution >= 4 is 21.7 Å². The number of hydrogen-bond acceptors (Lipinski definition) is 6. The molecule has 1 heterocycles. The zero-order chi connectivity index (χ0) is 17.7. The van der Waals surface area contributed by atoms with Crippen molar-refractivity contribution < 1.29 is 22.5 Å². The summed E-state index contributed by atoms with van der Waals surface area (Å²) >= 11 is 0. The van der Waals surface area contributed by atoms with Gasteiger partial charge in [-0.3, -0.25) is 4.79 Å². The minimum absolute atomic E-state index is 0.0219. The van der Waals surface area contributed by atoms with E-state index in [1.807, 2.05) is 0 Å². The lowest BCUT2D eigenvalue weighted by Gasteiger charge is -2.20. The highest BCUT2D eigenvalue weighted by atomic mass is 32.2. The smallest absolute Gasteiger partial charge is 0.240 e. The van der Waals surface area contributed by atoms with Crippen molar-refractivity contribution in [3.8, 4) is 5.75 Å². The Labute approximate surface area is 140 Å². The summed E-state index contributed by atoms with van der Waals surface area (Å²) < 4.78 is 35.1. The Bertz CT molecular complexity index is 816. The van der Waals surface area contributed by atoms with Crippen LogP contribution in [0.1, 0.15) is 11.3 Å². The molecule has 0 saturated heterocycles. The molecule has 0 radical (unpaired) electrons. The summed E-state index contributed by atoms with van der Waals surface area (Å²) in [5.74, 6) is 0.824. The number of ether oxygens (including phenoxy) is 1. The number of amides is 1. The molecule has 2 aromatic rings. The van der Waals surface area contributed by atoms with Crippen LogP contribution in [0.5, 0.6) is 5.75 Å². The molecule has 1 amide bonds. The number of carbonyl (C=O) groups excluding carboxylic acids is 1. The van der Waals surface area contributed by atoms with E-state index in [2.05, 4.69) is 10.5 Å². The number of rotatable bonds is 7. The molecule has 2 rings (SSSR count). The normalized spacial score (nSPS) is 11.5. The molecular formula is C15H19N3O5S. The van der Waals surface area contributed by atoms with Crippen LogP contribution in [0.25, 0.3) is 0 Å². The van der Waals surface area contributed by atoms with Crippen LogP contribution in [0.15, 0.2) is 34.9 Å². The fraction of sp³-hybridized carbons (Fsp3) is 0.333. The SMILES string of the molecule is COc1ccccc1CN(CC(=O)Nc1cc(C)on1)S(C)(=O)=O. The summed E-state index contributed by atoms with van der Waals surface area (Å²) in [5, 5.41) is 6.14. The van der Waals surface area contributed by atoms with Gasteiger partial charge in [0.05, 0.1) is 19.9 Å². The van der Waals surface area contributed by atoms with Crippen molar-refractivity contribution in [1.82, 2.24) is 9.46 Å². The highest BCUT2D eigenvalue weighted by Crippen LogP contribution is 2.20. The maximum Gasteiger partial charge on any atom is 0.240 e. The number of methoxy groups -OCH3 is 1. The maximum absolute atomic E-state index is 12.1. The number of aromatic nitrogens is 1. The summed E-state index contributed by atoms with van der Waals surface area (Å²) in [5.41, 5.74) is 0.663. The predicted molar refractivity (Wildman–Crippen MR) is 88.1 cm³/mol. The van der Waals surface area contributed by atoms with E-state index in [1.54, 1.807) is 37.3 Å². The minimum Gasteiger partial charge on any atom is -0.496 e. The van der Waals surface area contributed by atoms with Gasteiger partial charge in [0.2, 0.25) is 15.9 Å². The van der Waals surface area contributed by atoms with E-state index in [4.69, 9.17) is 9.26 Å². The molecule has 0 aliphatic rings. The first-order valence-corrected chi connectivity index (χ1v) is 8.94. The van der Waals surface area contributed by atoms with Crippen molar-refractivity contribution in [2.45, 2.75) is 13.5 Å². The highest BCUT2D eigenvalue weighted by Gasteiger charge is 2.22. The number of nitrogens with zero attached hydrogens (tertiary/aromatic N) is 2. The second-order valence-electron chi connectivity index (χ2n) is 5.21. The highest BCUT2D eigenvalue weighted by molar-refractivity contribution is 7.88. The average Bonchev–Trinajstić information content (AvgIpc) is 2.91. The van der Waals surface area contributed by atoms with Gasteiger partial charge in [-0.2, -0.15) is 4.31 Å². The standard InChI is InChI=1S/C15H19N3O5S/c1-11-8-14(17-23-11)16-15(19)10-18(24(3,20)21)9-12-6-4-5-7-13(12)22-2/h4-8H,9-10H2,1-3H3,(H,16,17,19). The van der Waals surface area contributed by atoms with Crippen LogP contribution in [0.2, 0.25) is 0 Å². The zero-order valence-electron chi connectivity index (χ0n) is 13.6. The Balaban J connectivity index is 2.13. The van der Waals surface area contributed by atoms with Gasteiger partial charge in [-0.05, 0) is 13.0 Å². The molecule has 0 aliphatic carbocycles. The van der Waals surface area contributed by atoms with Crippen molar-refractivity contribution in [3.05, 3.63) is 41.7 Å². The molecule has 1 aromatic heterocycles. The Morgan fingerprint density at radius 3 is 2.67 bits per heavy atom. The van der Waals surface area contributed by atoms with Crippen molar-refractivity contribution in [3.63, 3.8) is 0 Å². The van der Waals surface area contributed by atoms with Gasteiger partial charge in [0.25, 0.3) is 0 Å². The van der Waals surface area contributed by atoms with Crippen LogP contribution in [0.3, 0.4) is 0 Å². The van der Waals surface area contributed by atoms with Crippen LogP contribution in [0, 0.1) is 6.92 Å². The third-order valence-electron chi connectivity index (χ3n) is 3.22. The number of para-hydroxylation sites is 1. The predicted octanol–water partition coefficient (Wildman–Crippen LogP) is 1.39. The summed E-state index contributed by atoms with van der Waals surface area (Å²) in [6.07, 6.45) is 1.05. The monoisotopic (exact) mass is 353 g/mol. The minimum atomic E-state index is -3.60. The first-order chi connectivity index (χ1) is 11.3. The average molecular weight is 353 g/mol. The summed E-state index contributed by atoms with van der Waals surface area (Å²) in [7, 11) is -2.09. The van der Waals surface area contributed by atoms with E-state index in [9.17, 15) is 13.2 Å². The maximum atomic E-state index is 12.1. The van der Waals surface area contributed by atoms with Crippen LogP contribution in [0.4, 0.5) is 5.82 Å². The summed E-state index contributed by atoms with van der Waals surface area (Å²) in [4.78, 5) is 12.1. The van der Waals surface area contributed by atoms with E-state index >= 15 is 0 Å². The van der Waals surface area contributed by atoms with E-state index in [-0.39, 0.29) is 18.9 Å². The molecular weight excluding hydrogens is 334 g/mol. The number of sulfonamides is 1. The number of aryl methyl sites for hydroxylation is 1. The number of hydrogen-bond donors (Lipinski definition) is 1. The van der Waals surface area contributed by atoms with E-state index < -0.39 is 15.9 Å². The molecule has 8 nitrogen and oxygen atoms in total.